The van der Waals surface area contributed by atoms with E-state index >= 15 is 0 Å². The molecular formula is C13H16N4O2. The second kappa shape index (κ2) is 4.00. The first-order valence-electron chi connectivity index (χ1n) is 6.59. The van der Waals surface area contributed by atoms with Gasteiger partial charge in [0.1, 0.15) is 6.33 Å². The van der Waals surface area contributed by atoms with Crippen molar-refractivity contribution >= 4 is 5.65 Å². The molecule has 4 heterocycles. The molecular weight excluding hydrogens is 244 g/mol. The summed E-state index contributed by atoms with van der Waals surface area (Å²) in [6.45, 7) is 1.35. The number of morpholine rings is 1. The lowest BCUT2D eigenvalue weighted by molar-refractivity contribution is -0.0804. The molecule has 2 atom stereocenters. The van der Waals surface area contributed by atoms with Crippen molar-refractivity contribution in [1.82, 2.24) is 19.9 Å². The minimum Gasteiger partial charge on any atom is -0.385 e. The number of fused-ring (bicyclic) bond motifs is 3. The average Bonchev–Trinajstić information content (AvgIpc) is 2.85. The minimum absolute atomic E-state index is 0.231. The van der Waals surface area contributed by atoms with Gasteiger partial charge in [-0.25, -0.2) is 0 Å². The Morgan fingerprint density at radius 2 is 2.11 bits per heavy atom. The number of aromatic nitrogens is 3. The fourth-order valence-corrected chi connectivity index (χ4v) is 3.25. The van der Waals surface area contributed by atoms with E-state index in [2.05, 4.69) is 15.5 Å². The monoisotopic (exact) mass is 260 g/mol. The van der Waals surface area contributed by atoms with Crippen LogP contribution in [0.4, 0.5) is 0 Å². The van der Waals surface area contributed by atoms with Crippen molar-refractivity contribution in [2.45, 2.75) is 30.5 Å². The summed E-state index contributed by atoms with van der Waals surface area (Å²) in [6.07, 6.45) is 4.94. The smallest absolute Gasteiger partial charge is 0.160 e. The quantitative estimate of drug-likeness (QED) is 0.759. The van der Waals surface area contributed by atoms with Gasteiger partial charge in [-0.3, -0.25) is 4.40 Å². The number of piperidine rings is 1. The number of rotatable bonds is 1. The fraction of sp³-hybridized carbons (Fsp3) is 0.538. The van der Waals surface area contributed by atoms with Crippen LogP contribution in [0, 0.1) is 0 Å². The highest BCUT2D eigenvalue weighted by molar-refractivity contribution is 5.39. The first-order chi connectivity index (χ1) is 9.23. The molecule has 2 fully saturated rings. The topological polar surface area (TPSA) is 71.7 Å². The van der Waals surface area contributed by atoms with Gasteiger partial charge in [-0.15, -0.1) is 10.2 Å². The van der Waals surface area contributed by atoms with E-state index in [4.69, 9.17) is 4.74 Å². The molecule has 0 radical (unpaired) electrons. The summed E-state index contributed by atoms with van der Waals surface area (Å²) in [5.74, 6) is 0. The lowest BCUT2D eigenvalue weighted by Gasteiger charge is -2.45. The molecule has 0 amide bonds. The molecule has 4 rings (SSSR count). The molecule has 0 spiro atoms. The van der Waals surface area contributed by atoms with Crippen LogP contribution in [0.25, 0.3) is 5.65 Å². The first-order valence-corrected chi connectivity index (χ1v) is 6.59. The van der Waals surface area contributed by atoms with Crippen molar-refractivity contribution in [2.75, 3.05) is 13.2 Å². The van der Waals surface area contributed by atoms with Crippen LogP contribution in [0.2, 0.25) is 0 Å². The van der Waals surface area contributed by atoms with E-state index in [0.717, 1.165) is 11.2 Å². The zero-order valence-electron chi connectivity index (χ0n) is 10.5. The van der Waals surface area contributed by atoms with Gasteiger partial charge >= 0.3 is 0 Å². The van der Waals surface area contributed by atoms with E-state index in [0.29, 0.717) is 26.1 Å². The Kier molecular flexibility index (Phi) is 2.38. The molecule has 0 saturated carbocycles. The molecule has 2 aliphatic rings. The minimum atomic E-state index is -0.789. The van der Waals surface area contributed by atoms with Crippen molar-refractivity contribution in [2.24, 2.45) is 0 Å². The van der Waals surface area contributed by atoms with Crippen molar-refractivity contribution in [3.05, 3.63) is 30.2 Å². The predicted molar refractivity (Wildman–Crippen MR) is 67.6 cm³/mol. The van der Waals surface area contributed by atoms with Crippen molar-refractivity contribution in [3.8, 4) is 0 Å². The highest BCUT2D eigenvalue weighted by Crippen LogP contribution is 2.36. The lowest BCUT2D eigenvalue weighted by Crippen LogP contribution is -2.58. The van der Waals surface area contributed by atoms with Gasteiger partial charge in [-0.1, -0.05) is 6.07 Å². The Labute approximate surface area is 110 Å². The van der Waals surface area contributed by atoms with E-state index in [-0.39, 0.29) is 12.1 Å². The van der Waals surface area contributed by atoms with Crippen LogP contribution in [0.1, 0.15) is 18.4 Å². The van der Waals surface area contributed by atoms with E-state index in [9.17, 15) is 5.11 Å². The third-order valence-corrected chi connectivity index (χ3v) is 4.11. The van der Waals surface area contributed by atoms with Crippen LogP contribution in [-0.2, 0) is 10.3 Å². The maximum atomic E-state index is 11.0. The summed E-state index contributed by atoms with van der Waals surface area (Å²) in [6, 6.07) is 4.31. The maximum absolute atomic E-state index is 11.0. The van der Waals surface area contributed by atoms with Crippen molar-refractivity contribution in [3.63, 3.8) is 0 Å². The molecule has 2 aliphatic heterocycles. The van der Waals surface area contributed by atoms with E-state index in [1.165, 1.54) is 0 Å². The Hall–Kier alpha value is -1.50. The van der Waals surface area contributed by atoms with Gasteiger partial charge in [-0.2, -0.15) is 0 Å². The van der Waals surface area contributed by atoms with E-state index in [1.54, 1.807) is 6.33 Å². The molecule has 0 aromatic carbocycles. The number of nitrogens with one attached hydrogen (secondary N) is 1. The molecule has 2 aromatic rings. The zero-order chi connectivity index (χ0) is 12.9. The average molecular weight is 260 g/mol. The Balaban J connectivity index is 1.72. The molecule has 6 heteroatoms. The normalized spacial score (nSPS) is 34.6. The summed E-state index contributed by atoms with van der Waals surface area (Å²) < 4.78 is 7.37. The van der Waals surface area contributed by atoms with Gasteiger partial charge in [0.05, 0.1) is 18.8 Å². The molecule has 2 N–H and O–H groups in total. The third kappa shape index (κ3) is 1.83. The van der Waals surface area contributed by atoms with E-state index in [1.807, 2.05) is 22.7 Å². The molecule has 6 nitrogen and oxygen atoms in total. The standard InChI is InChI=1S/C13H16N4O2/c18-13(3-10-6-19-7-11(4-13)15-10)9-1-2-12-16-14-8-17(12)5-9/h1-2,5,8,10-11,15,18H,3-4,6-7H2. The summed E-state index contributed by atoms with van der Waals surface area (Å²) in [7, 11) is 0. The van der Waals surface area contributed by atoms with Crippen molar-refractivity contribution in [1.29, 1.82) is 0 Å². The maximum Gasteiger partial charge on any atom is 0.160 e. The van der Waals surface area contributed by atoms with E-state index < -0.39 is 5.60 Å². The van der Waals surface area contributed by atoms with Crippen LogP contribution in [0.3, 0.4) is 0 Å². The molecule has 2 saturated heterocycles. The second-order valence-electron chi connectivity index (χ2n) is 5.55. The number of hydrogen-bond donors (Lipinski definition) is 2. The van der Waals surface area contributed by atoms with Gasteiger partial charge in [0.15, 0.2) is 5.65 Å². The van der Waals surface area contributed by atoms with Crippen LogP contribution < -0.4 is 5.32 Å². The van der Waals surface area contributed by atoms with Crippen molar-refractivity contribution < 1.29 is 9.84 Å². The SMILES string of the molecule is OC1(c2ccc3nncn3c2)CC2COCC(C1)N2. The third-order valence-electron chi connectivity index (χ3n) is 4.11. The Morgan fingerprint density at radius 1 is 1.32 bits per heavy atom. The van der Waals surface area contributed by atoms with Crippen LogP contribution in [0.15, 0.2) is 24.7 Å². The number of ether oxygens (including phenoxy) is 1. The number of pyridine rings is 1. The molecule has 19 heavy (non-hydrogen) atoms. The number of aliphatic hydroxyl groups is 1. The van der Waals surface area contributed by atoms with Crippen LogP contribution in [-0.4, -0.2) is 45.0 Å². The molecule has 2 aromatic heterocycles. The molecule has 2 bridgehead atoms. The molecule has 0 aliphatic carbocycles. The van der Waals surface area contributed by atoms with Crippen LogP contribution >= 0.6 is 0 Å². The molecule has 100 valence electrons. The highest BCUT2D eigenvalue weighted by atomic mass is 16.5. The highest BCUT2D eigenvalue weighted by Gasteiger charge is 2.42. The lowest BCUT2D eigenvalue weighted by atomic mass is 9.78. The van der Waals surface area contributed by atoms with Gasteiger partial charge in [0.2, 0.25) is 0 Å². The first kappa shape index (κ1) is 11.3. The largest absolute Gasteiger partial charge is 0.385 e. The Morgan fingerprint density at radius 3 is 2.89 bits per heavy atom. The van der Waals surface area contributed by atoms with Gasteiger partial charge < -0.3 is 15.2 Å². The van der Waals surface area contributed by atoms with Gasteiger partial charge in [0, 0.05) is 23.8 Å². The zero-order valence-corrected chi connectivity index (χ0v) is 10.5. The summed E-state index contributed by atoms with van der Waals surface area (Å²) in [5.41, 5.74) is 0.936. The summed E-state index contributed by atoms with van der Waals surface area (Å²) in [4.78, 5) is 0. The Bertz CT molecular complexity index is 599. The fourth-order valence-electron chi connectivity index (χ4n) is 3.25. The summed E-state index contributed by atoms with van der Waals surface area (Å²) >= 11 is 0. The predicted octanol–water partition coefficient (Wildman–Crippen LogP) is 0.0677. The number of nitrogens with zero attached hydrogens (tertiary/aromatic N) is 3. The van der Waals surface area contributed by atoms with Gasteiger partial charge in [0.25, 0.3) is 0 Å². The second-order valence-corrected chi connectivity index (χ2v) is 5.55. The van der Waals surface area contributed by atoms with Crippen LogP contribution in [0.5, 0.6) is 0 Å². The van der Waals surface area contributed by atoms with Gasteiger partial charge in [-0.05, 0) is 18.9 Å². The molecule has 2 unspecified atom stereocenters. The number of hydrogen-bond acceptors (Lipinski definition) is 5. The summed E-state index contributed by atoms with van der Waals surface area (Å²) in [5, 5.41) is 22.3.